The van der Waals surface area contributed by atoms with Gasteiger partial charge in [-0.05, 0) is 83.9 Å². The smallest absolute Gasteiger partial charge is 0.115 e. The molecule has 4 aromatic rings. The third kappa shape index (κ3) is 5.93. The fourth-order valence-corrected chi connectivity index (χ4v) is 3.15. The molecule has 5 N–H and O–H groups in total. The van der Waals surface area contributed by atoms with E-state index in [2.05, 4.69) is 16.0 Å². The zero-order chi connectivity index (χ0) is 21.5. The highest BCUT2D eigenvalue weighted by atomic mass is 16.3. The first-order valence-electron chi connectivity index (χ1n) is 10.1. The molecule has 0 aliphatic rings. The summed E-state index contributed by atoms with van der Waals surface area (Å²) in [7, 11) is 0. The SMILES string of the molecule is Oc1ccc(CNc2ccc(Nc3ccc(NCc4ccc(O)cc4)cc3)cc2)cc1. The van der Waals surface area contributed by atoms with Crippen LogP contribution in [0.25, 0.3) is 0 Å². The number of benzene rings is 4. The summed E-state index contributed by atoms with van der Waals surface area (Å²) in [5.41, 5.74) is 6.32. The Labute approximate surface area is 182 Å². The Hall–Kier alpha value is -4.12. The van der Waals surface area contributed by atoms with Gasteiger partial charge < -0.3 is 26.2 Å². The van der Waals surface area contributed by atoms with Crippen molar-refractivity contribution >= 4 is 22.7 Å². The molecule has 0 radical (unpaired) electrons. The molecule has 0 aliphatic heterocycles. The quantitative estimate of drug-likeness (QED) is 0.243. The normalized spacial score (nSPS) is 10.5. The van der Waals surface area contributed by atoms with Gasteiger partial charge in [-0.1, -0.05) is 24.3 Å². The third-order valence-corrected chi connectivity index (χ3v) is 4.92. The lowest BCUT2D eigenvalue weighted by Gasteiger charge is -2.11. The van der Waals surface area contributed by atoms with E-state index in [1.54, 1.807) is 24.3 Å². The number of phenols is 2. The summed E-state index contributed by atoms with van der Waals surface area (Å²) < 4.78 is 0. The van der Waals surface area contributed by atoms with E-state index in [0.717, 1.165) is 33.9 Å². The Morgan fingerprint density at radius 1 is 0.419 bits per heavy atom. The molecular weight excluding hydrogens is 386 g/mol. The molecule has 0 aromatic heterocycles. The van der Waals surface area contributed by atoms with Gasteiger partial charge >= 0.3 is 0 Å². The Kier molecular flexibility index (Phi) is 6.24. The molecular formula is C26H25N3O2. The first-order valence-corrected chi connectivity index (χ1v) is 10.1. The average Bonchev–Trinajstić information content (AvgIpc) is 2.80. The Morgan fingerprint density at radius 2 is 0.742 bits per heavy atom. The van der Waals surface area contributed by atoms with E-state index >= 15 is 0 Å². The van der Waals surface area contributed by atoms with Crippen molar-refractivity contribution in [1.29, 1.82) is 0 Å². The number of phenolic OH excluding ortho intramolecular Hbond substituents is 2. The second-order valence-electron chi connectivity index (χ2n) is 7.32. The lowest BCUT2D eigenvalue weighted by atomic mass is 10.2. The molecule has 0 bridgehead atoms. The van der Waals surface area contributed by atoms with Crippen molar-refractivity contribution in [3.8, 4) is 11.5 Å². The minimum atomic E-state index is 0.278. The standard InChI is InChI=1S/C26H25N3O2/c30-25-13-1-19(2-14-25)17-27-21-5-9-23(10-6-21)29-24-11-7-22(8-12-24)28-18-20-3-15-26(31)16-4-20/h1-16,27-31H,17-18H2. The minimum absolute atomic E-state index is 0.278. The zero-order valence-corrected chi connectivity index (χ0v) is 17.0. The van der Waals surface area contributed by atoms with Crippen molar-refractivity contribution in [2.24, 2.45) is 0 Å². The largest absolute Gasteiger partial charge is 0.508 e. The maximum absolute atomic E-state index is 9.35. The van der Waals surface area contributed by atoms with Crippen molar-refractivity contribution in [2.45, 2.75) is 13.1 Å². The second kappa shape index (κ2) is 9.59. The molecule has 0 atom stereocenters. The van der Waals surface area contributed by atoms with Crippen LogP contribution in [0.15, 0.2) is 97.1 Å². The van der Waals surface area contributed by atoms with Gasteiger partial charge in [0.25, 0.3) is 0 Å². The van der Waals surface area contributed by atoms with Gasteiger partial charge in [0.1, 0.15) is 11.5 Å². The molecule has 0 unspecified atom stereocenters. The molecule has 0 saturated carbocycles. The van der Waals surface area contributed by atoms with Gasteiger partial charge in [0, 0.05) is 35.8 Å². The molecule has 31 heavy (non-hydrogen) atoms. The van der Waals surface area contributed by atoms with E-state index in [1.807, 2.05) is 72.8 Å². The van der Waals surface area contributed by atoms with Crippen molar-refractivity contribution in [2.75, 3.05) is 16.0 Å². The van der Waals surface area contributed by atoms with Crippen molar-refractivity contribution in [1.82, 2.24) is 0 Å². The number of nitrogens with one attached hydrogen (secondary N) is 3. The van der Waals surface area contributed by atoms with E-state index in [0.29, 0.717) is 13.1 Å². The molecule has 0 fully saturated rings. The summed E-state index contributed by atoms with van der Waals surface area (Å²) >= 11 is 0. The van der Waals surface area contributed by atoms with Crippen molar-refractivity contribution in [3.63, 3.8) is 0 Å². The monoisotopic (exact) mass is 411 g/mol. The average molecular weight is 412 g/mol. The number of hydrogen-bond donors (Lipinski definition) is 5. The third-order valence-electron chi connectivity index (χ3n) is 4.92. The minimum Gasteiger partial charge on any atom is -0.508 e. The van der Waals surface area contributed by atoms with Gasteiger partial charge in [0.15, 0.2) is 0 Å². The lowest BCUT2D eigenvalue weighted by Crippen LogP contribution is -2.00. The van der Waals surface area contributed by atoms with E-state index in [1.165, 1.54) is 0 Å². The van der Waals surface area contributed by atoms with Crippen LogP contribution in [0.4, 0.5) is 22.7 Å². The Morgan fingerprint density at radius 3 is 1.10 bits per heavy atom. The predicted octanol–water partition coefficient (Wildman–Crippen LogP) is 6.07. The number of hydrogen-bond acceptors (Lipinski definition) is 5. The van der Waals surface area contributed by atoms with E-state index in [9.17, 15) is 10.2 Å². The first kappa shape index (κ1) is 20.2. The summed E-state index contributed by atoms with van der Waals surface area (Å²) in [6.45, 7) is 1.40. The molecule has 5 nitrogen and oxygen atoms in total. The van der Waals surface area contributed by atoms with Gasteiger partial charge in [-0.3, -0.25) is 0 Å². The fourth-order valence-electron chi connectivity index (χ4n) is 3.15. The van der Waals surface area contributed by atoms with Crippen LogP contribution >= 0.6 is 0 Å². The maximum Gasteiger partial charge on any atom is 0.115 e. The Bertz CT molecular complexity index is 1000. The Balaban J connectivity index is 1.27. The number of aromatic hydroxyl groups is 2. The number of anilines is 4. The van der Waals surface area contributed by atoms with Crippen LogP contribution in [0, 0.1) is 0 Å². The van der Waals surface area contributed by atoms with Crippen LogP contribution in [0.1, 0.15) is 11.1 Å². The van der Waals surface area contributed by atoms with Crippen molar-refractivity contribution < 1.29 is 10.2 Å². The van der Waals surface area contributed by atoms with Crippen LogP contribution in [0.2, 0.25) is 0 Å². The first-order chi connectivity index (χ1) is 15.1. The highest BCUT2D eigenvalue weighted by molar-refractivity contribution is 5.64. The number of rotatable bonds is 8. The fraction of sp³-hybridized carbons (Fsp3) is 0.0769. The molecule has 4 rings (SSSR count). The summed E-state index contributed by atoms with van der Waals surface area (Å²) in [5.74, 6) is 0.556. The van der Waals surface area contributed by atoms with Gasteiger partial charge in [0.2, 0.25) is 0 Å². The molecule has 0 aliphatic carbocycles. The molecule has 0 heterocycles. The van der Waals surface area contributed by atoms with Crippen LogP contribution in [-0.2, 0) is 13.1 Å². The van der Waals surface area contributed by atoms with Crippen LogP contribution in [-0.4, -0.2) is 10.2 Å². The lowest BCUT2D eigenvalue weighted by molar-refractivity contribution is 0.474. The maximum atomic E-state index is 9.35. The summed E-state index contributed by atoms with van der Waals surface area (Å²) in [6.07, 6.45) is 0. The van der Waals surface area contributed by atoms with Gasteiger partial charge in [-0.25, -0.2) is 0 Å². The zero-order valence-electron chi connectivity index (χ0n) is 17.0. The summed E-state index contributed by atoms with van der Waals surface area (Å²) in [4.78, 5) is 0. The molecule has 4 aromatic carbocycles. The van der Waals surface area contributed by atoms with Crippen LogP contribution in [0.5, 0.6) is 11.5 Å². The van der Waals surface area contributed by atoms with Crippen molar-refractivity contribution in [3.05, 3.63) is 108 Å². The molecule has 0 amide bonds. The van der Waals surface area contributed by atoms with E-state index in [4.69, 9.17) is 0 Å². The molecule has 5 heteroatoms. The summed E-state index contributed by atoms with van der Waals surface area (Å²) in [5, 5.41) is 28.9. The topological polar surface area (TPSA) is 76.5 Å². The van der Waals surface area contributed by atoms with E-state index < -0.39 is 0 Å². The van der Waals surface area contributed by atoms with E-state index in [-0.39, 0.29) is 11.5 Å². The molecule has 156 valence electrons. The predicted molar refractivity (Wildman–Crippen MR) is 127 cm³/mol. The van der Waals surface area contributed by atoms with Gasteiger partial charge in [0.05, 0.1) is 0 Å². The molecule has 0 saturated heterocycles. The van der Waals surface area contributed by atoms with Gasteiger partial charge in [-0.15, -0.1) is 0 Å². The van der Waals surface area contributed by atoms with Gasteiger partial charge in [-0.2, -0.15) is 0 Å². The second-order valence-corrected chi connectivity index (χ2v) is 7.32. The van der Waals surface area contributed by atoms with Crippen LogP contribution < -0.4 is 16.0 Å². The highest BCUT2D eigenvalue weighted by Crippen LogP contribution is 2.22. The van der Waals surface area contributed by atoms with Crippen LogP contribution in [0.3, 0.4) is 0 Å². The highest BCUT2D eigenvalue weighted by Gasteiger charge is 1.99. The summed E-state index contributed by atoms with van der Waals surface area (Å²) in [6, 6.07) is 30.7. The molecule has 0 spiro atoms.